The summed E-state index contributed by atoms with van der Waals surface area (Å²) in [5.41, 5.74) is 1.74. The predicted octanol–water partition coefficient (Wildman–Crippen LogP) is 4.34. The monoisotopic (exact) mass is 471 g/mol. The van der Waals surface area contributed by atoms with Crippen LogP contribution >= 0.6 is 11.6 Å². The van der Waals surface area contributed by atoms with Crippen molar-refractivity contribution in [1.29, 1.82) is 0 Å². The van der Waals surface area contributed by atoms with Gasteiger partial charge in [0, 0.05) is 29.2 Å². The highest BCUT2D eigenvalue weighted by Crippen LogP contribution is 2.37. The van der Waals surface area contributed by atoms with Crippen LogP contribution in [0.1, 0.15) is 12.8 Å². The number of anilines is 1. The van der Waals surface area contributed by atoms with E-state index < -0.39 is 9.84 Å². The van der Waals surface area contributed by atoms with Crippen LogP contribution < -0.4 is 9.64 Å². The minimum absolute atomic E-state index is 0.0179. The summed E-state index contributed by atoms with van der Waals surface area (Å²) < 4.78 is 32.5. The van der Waals surface area contributed by atoms with E-state index in [1.54, 1.807) is 47.4 Å². The lowest BCUT2D eigenvalue weighted by molar-refractivity contribution is -0.117. The van der Waals surface area contributed by atoms with Crippen LogP contribution in [0.3, 0.4) is 0 Å². The van der Waals surface area contributed by atoms with E-state index in [-0.39, 0.29) is 28.9 Å². The number of carbonyl (C=O) groups is 1. The van der Waals surface area contributed by atoms with Crippen LogP contribution in [0.5, 0.6) is 5.75 Å². The largest absolute Gasteiger partial charge is 0.491 e. The maximum atomic E-state index is 13.5. The smallest absolute Gasteiger partial charge is 0.227 e. The number of ether oxygens (including phenoxy) is 1. The minimum atomic E-state index is -3.86. The number of aliphatic hydroxyl groups is 1. The number of hydrogen-bond donors (Lipinski definition) is 1. The average molecular weight is 472 g/mol. The number of hydrogen-bond acceptors (Lipinski definition) is 5. The van der Waals surface area contributed by atoms with E-state index in [1.807, 2.05) is 0 Å². The summed E-state index contributed by atoms with van der Waals surface area (Å²) >= 11 is 5.94. The quantitative estimate of drug-likeness (QED) is 0.554. The van der Waals surface area contributed by atoms with Crippen LogP contribution in [0.25, 0.3) is 11.1 Å². The lowest BCUT2D eigenvalue weighted by Crippen LogP contribution is -2.23. The maximum absolute atomic E-state index is 13.5. The van der Waals surface area contributed by atoms with Crippen molar-refractivity contribution in [2.24, 2.45) is 0 Å². The van der Waals surface area contributed by atoms with Crippen molar-refractivity contribution < 1.29 is 23.1 Å². The van der Waals surface area contributed by atoms with Gasteiger partial charge in [-0.25, -0.2) is 8.42 Å². The zero-order valence-corrected chi connectivity index (χ0v) is 18.8. The standard InChI is InChI=1S/C24H22ClNO5S/c25-18-6-9-21(10-7-18)32(29,30)23-11-8-19(26-12-2-5-24(26)28)16-22(23)17-3-1-4-20(15-17)31-14-13-27/h1,3-4,6-11,15-16,27H,2,5,12-14H2. The summed E-state index contributed by atoms with van der Waals surface area (Å²) in [6.07, 6.45) is 1.24. The molecule has 3 aromatic rings. The molecule has 1 heterocycles. The van der Waals surface area contributed by atoms with E-state index >= 15 is 0 Å². The topological polar surface area (TPSA) is 83.9 Å². The first-order valence-corrected chi connectivity index (χ1v) is 12.1. The maximum Gasteiger partial charge on any atom is 0.227 e. The highest BCUT2D eigenvalue weighted by Gasteiger charge is 2.26. The molecule has 1 fully saturated rings. The number of halogens is 1. The number of benzene rings is 3. The minimum Gasteiger partial charge on any atom is -0.491 e. The molecule has 1 aliphatic heterocycles. The van der Waals surface area contributed by atoms with Gasteiger partial charge in [0.15, 0.2) is 0 Å². The number of sulfone groups is 1. The summed E-state index contributed by atoms with van der Waals surface area (Å²) in [6.45, 7) is 0.593. The van der Waals surface area contributed by atoms with Crippen molar-refractivity contribution in [3.63, 3.8) is 0 Å². The van der Waals surface area contributed by atoms with Gasteiger partial charge in [0.05, 0.1) is 16.4 Å². The molecule has 0 saturated carbocycles. The van der Waals surface area contributed by atoms with Crippen molar-refractivity contribution in [3.05, 3.63) is 71.8 Å². The van der Waals surface area contributed by atoms with Crippen molar-refractivity contribution in [1.82, 2.24) is 0 Å². The molecule has 0 aromatic heterocycles. The van der Waals surface area contributed by atoms with Gasteiger partial charge in [0.1, 0.15) is 12.4 Å². The van der Waals surface area contributed by atoms with Gasteiger partial charge in [0.2, 0.25) is 15.7 Å². The molecule has 0 atom stereocenters. The highest BCUT2D eigenvalue weighted by atomic mass is 35.5. The van der Waals surface area contributed by atoms with Gasteiger partial charge < -0.3 is 14.7 Å². The molecule has 1 N–H and O–H groups in total. The second-order valence-corrected chi connectivity index (χ2v) is 9.74. The fourth-order valence-corrected chi connectivity index (χ4v) is 5.31. The van der Waals surface area contributed by atoms with Gasteiger partial charge in [-0.05, 0) is 66.6 Å². The zero-order chi connectivity index (χ0) is 22.7. The second kappa shape index (κ2) is 9.32. The van der Waals surface area contributed by atoms with Crippen LogP contribution in [0, 0.1) is 0 Å². The van der Waals surface area contributed by atoms with E-state index in [0.717, 1.165) is 6.42 Å². The van der Waals surface area contributed by atoms with Crippen LogP contribution in [0.15, 0.2) is 76.5 Å². The fourth-order valence-electron chi connectivity index (χ4n) is 3.72. The van der Waals surface area contributed by atoms with E-state index in [2.05, 4.69) is 0 Å². The van der Waals surface area contributed by atoms with Gasteiger partial charge in [-0.3, -0.25) is 4.79 Å². The molecule has 0 radical (unpaired) electrons. The molecule has 4 rings (SSSR count). The fraction of sp³-hybridized carbons (Fsp3) is 0.208. The Morgan fingerprint density at radius 3 is 2.50 bits per heavy atom. The number of rotatable bonds is 7. The molecule has 0 unspecified atom stereocenters. The molecule has 1 saturated heterocycles. The van der Waals surface area contributed by atoms with Crippen LogP contribution in [0.4, 0.5) is 5.69 Å². The van der Waals surface area contributed by atoms with Gasteiger partial charge in [-0.2, -0.15) is 0 Å². The molecule has 3 aromatic carbocycles. The third-order valence-corrected chi connectivity index (χ3v) is 7.35. The van der Waals surface area contributed by atoms with E-state index in [4.69, 9.17) is 21.4 Å². The lowest BCUT2D eigenvalue weighted by atomic mass is 10.0. The summed E-state index contributed by atoms with van der Waals surface area (Å²) in [6, 6.07) is 18.0. The normalized spacial score (nSPS) is 14.1. The van der Waals surface area contributed by atoms with Gasteiger partial charge >= 0.3 is 0 Å². The Balaban J connectivity index is 1.86. The second-order valence-electron chi connectivity index (χ2n) is 7.39. The first-order chi connectivity index (χ1) is 15.4. The molecule has 0 aliphatic carbocycles. The molecule has 166 valence electrons. The van der Waals surface area contributed by atoms with Crippen molar-refractivity contribution >= 4 is 33.0 Å². The summed E-state index contributed by atoms with van der Waals surface area (Å²) in [5.74, 6) is 0.526. The van der Waals surface area contributed by atoms with E-state index in [0.29, 0.717) is 40.6 Å². The molecule has 1 amide bonds. The first kappa shape index (κ1) is 22.3. The molecule has 0 spiro atoms. The van der Waals surface area contributed by atoms with E-state index in [1.165, 1.54) is 24.3 Å². The Labute approximate surface area is 191 Å². The van der Waals surface area contributed by atoms with Crippen molar-refractivity contribution in [2.75, 3.05) is 24.7 Å². The van der Waals surface area contributed by atoms with E-state index in [9.17, 15) is 13.2 Å². The van der Waals surface area contributed by atoms with Gasteiger partial charge in [0.25, 0.3) is 0 Å². The highest BCUT2D eigenvalue weighted by molar-refractivity contribution is 7.91. The Morgan fingerprint density at radius 1 is 1.03 bits per heavy atom. The van der Waals surface area contributed by atoms with Gasteiger partial charge in [-0.15, -0.1) is 0 Å². The molecule has 32 heavy (non-hydrogen) atoms. The number of nitrogens with zero attached hydrogens (tertiary/aromatic N) is 1. The summed E-state index contributed by atoms with van der Waals surface area (Å²) in [7, 11) is -3.86. The first-order valence-electron chi connectivity index (χ1n) is 10.2. The lowest BCUT2D eigenvalue weighted by Gasteiger charge is -2.19. The number of aliphatic hydroxyl groups excluding tert-OH is 1. The zero-order valence-electron chi connectivity index (χ0n) is 17.2. The van der Waals surface area contributed by atoms with Crippen LogP contribution in [0.2, 0.25) is 5.02 Å². The summed E-state index contributed by atoms with van der Waals surface area (Å²) in [4.78, 5) is 14.2. The number of amides is 1. The molecule has 8 heteroatoms. The predicted molar refractivity (Wildman–Crippen MR) is 123 cm³/mol. The van der Waals surface area contributed by atoms with Crippen molar-refractivity contribution in [2.45, 2.75) is 22.6 Å². The van der Waals surface area contributed by atoms with Gasteiger partial charge in [-0.1, -0.05) is 23.7 Å². The molecule has 1 aliphatic rings. The number of carbonyl (C=O) groups excluding carboxylic acids is 1. The molecule has 0 bridgehead atoms. The molecular formula is C24H22ClNO5S. The Kier molecular flexibility index (Phi) is 6.50. The third-order valence-electron chi connectivity index (χ3n) is 5.27. The Morgan fingerprint density at radius 2 is 1.81 bits per heavy atom. The van der Waals surface area contributed by atoms with Crippen LogP contribution in [-0.4, -0.2) is 39.2 Å². The van der Waals surface area contributed by atoms with Crippen LogP contribution in [-0.2, 0) is 14.6 Å². The molecule has 6 nitrogen and oxygen atoms in total. The van der Waals surface area contributed by atoms with Crippen molar-refractivity contribution in [3.8, 4) is 16.9 Å². The SMILES string of the molecule is O=C1CCCN1c1ccc(S(=O)(=O)c2ccc(Cl)cc2)c(-c2cccc(OCCO)c2)c1. The Hall–Kier alpha value is -2.87. The third kappa shape index (κ3) is 4.50. The average Bonchev–Trinajstić information content (AvgIpc) is 3.23. The Bertz CT molecular complexity index is 1240. The molecular weight excluding hydrogens is 450 g/mol. The summed E-state index contributed by atoms with van der Waals surface area (Å²) in [5, 5.41) is 9.49.